The Morgan fingerprint density at radius 1 is 1.53 bits per heavy atom. The molecule has 0 aliphatic carbocycles. The Labute approximate surface area is 104 Å². The lowest BCUT2D eigenvalue weighted by Crippen LogP contribution is -2.41. The van der Waals surface area contributed by atoms with E-state index in [4.69, 9.17) is 4.74 Å². The van der Waals surface area contributed by atoms with Crippen LogP contribution in [0.3, 0.4) is 0 Å². The maximum Gasteiger partial charge on any atom is 0.310 e. The standard InChI is InChI=1S/C13H25NO3/c1-4-17-12(15)11-6-5-8-14(10-11)9-7-13(2,3)16/h11,16H,4-10H2,1-3H3/t11-/m1/s1. The average molecular weight is 243 g/mol. The predicted octanol–water partition coefficient (Wildman–Crippen LogP) is 1.42. The first-order chi connectivity index (χ1) is 7.92. The number of hydrogen-bond acceptors (Lipinski definition) is 4. The third-order valence-corrected chi connectivity index (χ3v) is 3.17. The highest BCUT2D eigenvalue weighted by Gasteiger charge is 2.27. The van der Waals surface area contributed by atoms with Crippen LogP contribution in [0.15, 0.2) is 0 Å². The molecule has 0 unspecified atom stereocenters. The highest BCUT2D eigenvalue weighted by molar-refractivity contribution is 5.72. The number of esters is 1. The molecule has 1 aliphatic heterocycles. The summed E-state index contributed by atoms with van der Waals surface area (Å²) in [5, 5.41) is 9.69. The first kappa shape index (κ1) is 14.5. The van der Waals surface area contributed by atoms with Crippen LogP contribution in [-0.4, -0.2) is 47.8 Å². The molecule has 4 nitrogen and oxygen atoms in total. The largest absolute Gasteiger partial charge is 0.466 e. The van der Waals surface area contributed by atoms with E-state index in [2.05, 4.69) is 4.90 Å². The summed E-state index contributed by atoms with van der Waals surface area (Å²) in [6.45, 7) is 8.58. The second-order valence-electron chi connectivity index (χ2n) is 5.45. The maximum atomic E-state index is 11.6. The molecule has 4 heteroatoms. The SMILES string of the molecule is CCOC(=O)[C@@H]1CCCN(CCC(C)(C)O)C1. The summed E-state index contributed by atoms with van der Waals surface area (Å²) in [7, 11) is 0. The number of carbonyl (C=O) groups is 1. The highest BCUT2D eigenvalue weighted by Crippen LogP contribution is 2.19. The third-order valence-electron chi connectivity index (χ3n) is 3.17. The fourth-order valence-corrected chi connectivity index (χ4v) is 2.14. The van der Waals surface area contributed by atoms with Gasteiger partial charge in [-0.05, 0) is 46.6 Å². The number of piperidine rings is 1. The minimum atomic E-state index is -0.628. The molecule has 1 rings (SSSR count). The molecule has 1 atom stereocenters. The van der Waals surface area contributed by atoms with Crippen LogP contribution in [0.25, 0.3) is 0 Å². The number of aliphatic hydroxyl groups is 1. The van der Waals surface area contributed by atoms with Crippen molar-refractivity contribution in [2.75, 3.05) is 26.2 Å². The Hall–Kier alpha value is -0.610. The molecule has 1 heterocycles. The average Bonchev–Trinajstić information content (AvgIpc) is 2.26. The zero-order chi connectivity index (χ0) is 12.9. The number of ether oxygens (including phenoxy) is 1. The van der Waals surface area contributed by atoms with Crippen LogP contribution in [-0.2, 0) is 9.53 Å². The smallest absolute Gasteiger partial charge is 0.310 e. The lowest BCUT2D eigenvalue weighted by Gasteiger charge is -2.32. The number of nitrogens with zero attached hydrogens (tertiary/aromatic N) is 1. The summed E-state index contributed by atoms with van der Waals surface area (Å²) >= 11 is 0. The van der Waals surface area contributed by atoms with E-state index in [-0.39, 0.29) is 11.9 Å². The van der Waals surface area contributed by atoms with Gasteiger partial charge in [-0.1, -0.05) is 0 Å². The molecule has 0 saturated carbocycles. The Morgan fingerprint density at radius 3 is 2.82 bits per heavy atom. The van der Waals surface area contributed by atoms with Gasteiger partial charge < -0.3 is 14.7 Å². The van der Waals surface area contributed by atoms with Crippen molar-refractivity contribution in [2.45, 2.75) is 45.6 Å². The monoisotopic (exact) mass is 243 g/mol. The summed E-state index contributed by atoms with van der Waals surface area (Å²) in [4.78, 5) is 13.9. The van der Waals surface area contributed by atoms with Crippen LogP contribution < -0.4 is 0 Å². The predicted molar refractivity (Wildman–Crippen MR) is 66.7 cm³/mol. The van der Waals surface area contributed by atoms with E-state index in [0.717, 1.165) is 38.9 Å². The molecule has 1 saturated heterocycles. The molecule has 0 aromatic carbocycles. The second-order valence-corrected chi connectivity index (χ2v) is 5.45. The van der Waals surface area contributed by atoms with E-state index in [9.17, 15) is 9.90 Å². The van der Waals surface area contributed by atoms with Crippen molar-refractivity contribution < 1.29 is 14.6 Å². The summed E-state index contributed by atoms with van der Waals surface area (Å²) < 4.78 is 5.06. The topological polar surface area (TPSA) is 49.8 Å². The number of carbonyl (C=O) groups excluding carboxylic acids is 1. The lowest BCUT2D eigenvalue weighted by atomic mass is 9.97. The molecular weight excluding hydrogens is 218 g/mol. The highest BCUT2D eigenvalue weighted by atomic mass is 16.5. The molecule has 0 amide bonds. The van der Waals surface area contributed by atoms with Crippen molar-refractivity contribution in [3.63, 3.8) is 0 Å². The summed E-state index contributed by atoms with van der Waals surface area (Å²) in [6, 6.07) is 0. The van der Waals surface area contributed by atoms with Gasteiger partial charge in [0.25, 0.3) is 0 Å². The van der Waals surface area contributed by atoms with Crippen molar-refractivity contribution in [1.82, 2.24) is 4.90 Å². The molecule has 17 heavy (non-hydrogen) atoms. The Bertz CT molecular complexity index is 248. The number of rotatable bonds is 5. The van der Waals surface area contributed by atoms with Gasteiger partial charge in [0, 0.05) is 13.1 Å². The maximum absolute atomic E-state index is 11.6. The van der Waals surface area contributed by atoms with Crippen LogP contribution in [0.1, 0.15) is 40.0 Å². The van der Waals surface area contributed by atoms with Crippen LogP contribution in [0.4, 0.5) is 0 Å². The Kier molecular flexibility index (Phi) is 5.40. The molecule has 1 fully saturated rings. The first-order valence-electron chi connectivity index (χ1n) is 6.54. The fraction of sp³-hybridized carbons (Fsp3) is 0.923. The zero-order valence-corrected chi connectivity index (χ0v) is 11.2. The van der Waals surface area contributed by atoms with Gasteiger partial charge in [0.2, 0.25) is 0 Å². The van der Waals surface area contributed by atoms with Gasteiger partial charge in [-0.3, -0.25) is 4.79 Å². The van der Waals surface area contributed by atoms with Gasteiger partial charge in [0.1, 0.15) is 0 Å². The number of likely N-dealkylation sites (tertiary alicyclic amines) is 1. The van der Waals surface area contributed by atoms with Crippen LogP contribution in [0, 0.1) is 5.92 Å². The van der Waals surface area contributed by atoms with Crippen LogP contribution in [0.5, 0.6) is 0 Å². The molecule has 0 spiro atoms. The Morgan fingerprint density at radius 2 is 2.24 bits per heavy atom. The van der Waals surface area contributed by atoms with E-state index >= 15 is 0 Å². The van der Waals surface area contributed by atoms with Crippen molar-refractivity contribution in [3.05, 3.63) is 0 Å². The third kappa shape index (κ3) is 5.50. The van der Waals surface area contributed by atoms with Crippen LogP contribution >= 0.6 is 0 Å². The van der Waals surface area contributed by atoms with E-state index in [1.165, 1.54) is 0 Å². The zero-order valence-electron chi connectivity index (χ0n) is 11.2. The van der Waals surface area contributed by atoms with Crippen molar-refractivity contribution in [3.8, 4) is 0 Å². The van der Waals surface area contributed by atoms with Gasteiger partial charge >= 0.3 is 5.97 Å². The van der Waals surface area contributed by atoms with Crippen LogP contribution in [0.2, 0.25) is 0 Å². The van der Waals surface area contributed by atoms with E-state index < -0.39 is 5.60 Å². The van der Waals surface area contributed by atoms with Gasteiger partial charge in [0.05, 0.1) is 18.1 Å². The molecule has 100 valence electrons. The molecule has 0 bridgehead atoms. The summed E-state index contributed by atoms with van der Waals surface area (Å²) in [6.07, 6.45) is 2.70. The molecule has 1 aliphatic rings. The Balaban J connectivity index is 2.36. The lowest BCUT2D eigenvalue weighted by molar-refractivity contribution is -0.150. The minimum absolute atomic E-state index is 0.0190. The first-order valence-corrected chi connectivity index (χ1v) is 6.54. The van der Waals surface area contributed by atoms with Gasteiger partial charge in [-0.15, -0.1) is 0 Å². The minimum Gasteiger partial charge on any atom is -0.466 e. The number of hydrogen-bond donors (Lipinski definition) is 1. The van der Waals surface area contributed by atoms with Crippen molar-refractivity contribution >= 4 is 5.97 Å². The van der Waals surface area contributed by atoms with Crippen molar-refractivity contribution in [2.24, 2.45) is 5.92 Å². The summed E-state index contributed by atoms with van der Waals surface area (Å²) in [5.41, 5.74) is -0.628. The van der Waals surface area contributed by atoms with Gasteiger partial charge in [-0.25, -0.2) is 0 Å². The quantitative estimate of drug-likeness (QED) is 0.742. The van der Waals surface area contributed by atoms with Crippen molar-refractivity contribution in [1.29, 1.82) is 0 Å². The molecule has 0 aromatic heterocycles. The molecular formula is C13H25NO3. The van der Waals surface area contributed by atoms with Gasteiger partial charge in [-0.2, -0.15) is 0 Å². The summed E-state index contributed by atoms with van der Waals surface area (Å²) in [5.74, 6) is -0.0500. The van der Waals surface area contributed by atoms with E-state index in [1.807, 2.05) is 20.8 Å². The van der Waals surface area contributed by atoms with Gasteiger partial charge in [0.15, 0.2) is 0 Å². The van der Waals surface area contributed by atoms with E-state index in [1.54, 1.807) is 0 Å². The normalized spacial score (nSPS) is 22.5. The fourth-order valence-electron chi connectivity index (χ4n) is 2.14. The molecule has 1 N–H and O–H groups in total. The van der Waals surface area contributed by atoms with E-state index in [0.29, 0.717) is 6.61 Å². The molecule has 0 aromatic rings. The second kappa shape index (κ2) is 6.36. The molecule has 0 radical (unpaired) electrons.